The predicted octanol–water partition coefficient (Wildman–Crippen LogP) is 4.15. The molecule has 3 rings (SSSR count). The van der Waals surface area contributed by atoms with Crippen molar-refractivity contribution in [2.45, 2.75) is 11.8 Å². The highest BCUT2D eigenvalue weighted by Gasteiger charge is 2.64. The Morgan fingerprint density at radius 1 is 1.15 bits per heavy atom. The van der Waals surface area contributed by atoms with Gasteiger partial charge in [0, 0.05) is 17.2 Å². The molecule has 136 valence electrons. The van der Waals surface area contributed by atoms with Crippen molar-refractivity contribution in [2.75, 3.05) is 7.11 Å². The van der Waals surface area contributed by atoms with E-state index < -0.39 is 34.7 Å². The van der Waals surface area contributed by atoms with Crippen LogP contribution in [0.1, 0.15) is 11.1 Å². The Hall–Kier alpha value is -3.03. The van der Waals surface area contributed by atoms with Gasteiger partial charge in [0.1, 0.15) is 17.3 Å². The van der Waals surface area contributed by atoms with Crippen LogP contribution in [0.4, 0.5) is 17.6 Å². The summed E-state index contributed by atoms with van der Waals surface area (Å²) in [7, 11) is 1.33. The molecule has 26 heavy (non-hydrogen) atoms. The number of carbonyl (C=O) groups is 1. The van der Waals surface area contributed by atoms with Gasteiger partial charge in [0.05, 0.1) is 12.7 Å². The van der Waals surface area contributed by atoms with Crippen LogP contribution in [-0.4, -0.2) is 24.4 Å². The fraction of sp³-hybridized carbons (Fsp3) is 0.167. The molecule has 0 saturated heterocycles. The quantitative estimate of drug-likeness (QED) is 0.827. The molecule has 0 bridgehead atoms. The molecule has 2 aromatic rings. The van der Waals surface area contributed by atoms with Crippen LogP contribution < -0.4 is 9.47 Å². The summed E-state index contributed by atoms with van der Waals surface area (Å²) in [5.41, 5.74) is -4.70. The Balaban J connectivity index is 2.31. The second kappa shape index (κ2) is 6.05. The van der Waals surface area contributed by atoms with Gasteiger partial charge < -0.3 is 14.6 Å². The van der Waals surface area contributed by atoms with Crippen LogP contribution >= 0.6 is 0 Å². The number of rotatable bonds is 3. The second-order valence-electron chi connectivity index (χ2n) is 5.55. The minimum atomic E-state index is -5.13. The third kappa shape index (κ3) is 2.67. The Bertz CT molecular complexity index is 887. The normalized spacial score (nSPS) is 19.2. The summed E-state index contributed by atoms with van der Waals surface area (Å²) in [5, 5.41) is 9.43. The zero-order valence-electron chi connectivity index (χ0n) is 13.3. The number of benzene rings is 2. The van der Waals surface area contributed by atoms with E-state index in [1.54, 1.807) is 0 Å². The van der Waals surface area contributed by atoms with Gasteiger partial charge in [-0.3, -0.25) is 0 Å². The molecule has 8 heteroatoms. The van der Waals surface area contributed by atoms with Gasteiger partial charge in [-0.15, -0.1) is 0 Å². The highest BCUT2D eigenvalue weighted by atomic mass is 19.4. The molecule has 0 spiro atoms. The number of ether oxygens (including phenoxy) is 2. The van der Waals surface area contributed by atoms with E-state index in [2.05, 4.69) is 0 Å². The number of carboxylic acids is 1. The molecule has 1 aliphatic rings. The summed E-state index contributed by atoms with van der Waals surface area (Å²) < 4.78 is 65.8. The third-order valence-electron chi connectivity index (χ3n) is 4.04. The SMILES string of the molecule is COc1ccc2c(c1)OC(c1ccc(F)cc1)(C(F)(F)F)C(C(=O)O)=C2. The maximum Gasteiger partial charge on any atom is 0.437 e. The molecule has 1 atom stereocenters. The van der Waals surface area contributed by atoms with E-state index in [1.807, 2.05) is 0 Å². The number of hydrogen-bond acceptors (Lipinski definition) is 3. The second-order valence-corrected chi connectivity index (χ2v) is 5.55. The number of aliphatic carboxylic acids is 1. The molecular weight excluding hydrogens is 356 g/mol. The number of methoxy groups -OCH3 is 1. The van der Waals surface area contributed by atoms with E-state index in [-0.39, 0.29) is 17.1 Å². The molecule has 1 aliphatic heterocycles. The van der Waals surface area contributed by atoms with Crippen molar-refractivity contribution in [3.05, 3.63) is 65.0 Å². The first-order valence-electron chi connectivity index (χ1n) is 7.34. The fourth-order valence-electron chi connectivity index (χ4n) is 2.81. The van der Waals surface area contributed by atoms with Gasteiger partial charge in [-0.25, -0.2) is 9.18 Å². The van der Waals surface area contributed by atoms with Crippen LogP contribution in [0.15, 0.2) is 48.0 Å². The Kier molecular flexibility index (Phi) is 4.14. The smallest absolute Gasteiger partial charge is 0.437 e. The lowest BCUT2D eigenvalue weighted by atomic mass is 9.82. The molecule has 4 nitrogen and oxygen atoms in total. The monoisotopic (exact) mass is 368 g/mol. The van der Waals surface area contributed by atoms with E-state index in [0.717, 1.165) is 30.3 Å². The topological polar surface area (TPSA) is 55.8 Å². The fourth-order valence-corrected chi connectivity index (χ4v) is 2.81. The van der Waals surface area contributed by atoms with E-state index in [9.17, 15) is 27.5 Å². The minimum Gasteiger partial charge on any atom is -0.497 e. The predicted molar refractivity (Wildman–Crippen MR) is 83.4 cm³/mol. The maximum absolute atomic E-state index is 14.1. The standard InChI is InChI=1S/C18H12F4O4/c1-25-13-7-2-10-8-14(16(23)24)17(18(20,21)22,26-15(10)9-13)11-3-5-12(19)6-4-11/h2-9H,1H3,(H,23,24). The number of alkyl halides is 3. The van der Waals surface area contributed by atoms with E-state index in [4.69, 9.17) is 9.47 Å². The first kappa shape index (κ1) is 17.8. The first-order valence-corrected chi connectivity index (χ1v) is 7.34. The van der Waals surface area contributed by atoms with E-state index in [0.29, 0.717) is 0 Å². The van der Waals surface area contributed by atoms with Crippen LogP contribution in [0.5, 0.6) is 11.5 Å². The Labute approximate surface area is 145 Å². The van der Waals surface area contributed by atoms with Crippen LogP contribution in [0.3, 0.4) is 0 Å². The van der Waals surface area contributed by atoms with Crippen LogP contribution in [0, 0.1) is 5.82 Å². The molecule has 2 aromatic carbocycles. The third-order valence-corrected chi connectivity index (χ3v) is 4.04. The van der Waals surface area contributed by atoms with Crippen LogP contribution in [0.2, 0.25) is 0 Å². The molecule has 0 saturated carbocycles. The van der Waals surface area contributed by atoms with Gasteiger partial charge >= 0.3 is 12.1 Å². The highest BCUT2D eigenvalue weighted by molar-refractivity contribution is 5.96. The highest BCUT2D eigenvalue weighted by Crippen LogP contribution is 2.52. The number of hydrogen-bond donors (Lipinski definition) is 1. The number of halogens is 4. The van der Waals surface area contributed by atoms with Crippen LogP contribution in [-0.2, 0) is 10.4 Å². The molecule has 0 aromatic heterocycles. The number of fused-ring (bicyclic) bond motifs is 1. The van der Waals surface area contributed by atoms with Gasteiger partial charge in [-0.1, -0.05) is 12.1 Å². The first-order chi connectivity index (χ1) is 12.2. The minimum absolute atomic E-state index is 0.158. The van der Waals surface area contributed by atoms with Crippen molar-refractivity contribution < 1.29 is 36.9 Å². The summed E-state index contributed by atoms with van der Waals surface area (Å²) in [5.74, 6) is -2.51. The van der Waals surface area contributed by atoms with Crippen molar-refractivity contribution >= 4 is 12.0 Å². The van der Waals surface area contributed by atoms with E-state index >= 15 is 0 Å². The van der Waals surface area contributed by atoms with Crippen molar-refractivity contribution in [1.82, 2.24) is 0 Å². The molecule has 0 amide bonds. The van der Waals surface area contributed by atoms with Crippen molar-refractivity contribution in [2.24, 2.45) is 0 Å². The molecule has 0 fully saturated rings. The molecule has 0 radical (unpaired) electrons. The van der Waals surface area contributed by atoms with Crippen LogP contribution in [0.25, 0.3) is 6.08 Å². The molecule has 0 aliphatic carbocycles. The Morgan fingerprint density at radius 2 is 1.81 bits per heavy atom. The lowest BCUT2D eigenvalue weighted by molar-refractivity contribution is -0.240. The lowest BCUT2D eigenvalue weighted by Crippen LogP contribution is -2.52. The number of carboxylic acid groups (broad SMARTS) is 1. The maximum atomic E-state index is 14.1. The summed E-state index contributed by atoms with van der Waals surface area (Å²) in [6, 6.07) is 7.42. The molecule has 1 heterocycles. The van der Waals surface area contributed by atoms with Gasteiger partial charge in [-0.05, 0) is 30.3 Å². The van der Waals surface area contributed by atoms with Crippen molar-refractivity contribution in [3.8, 4) is 11.5 Å². The summed E-state index contributed by atoms with van der Waals surface area (Å²) >= 11 is 0. The average molecular weight is 368 g/mol. The summed E-state index contributed by atoms with van der Waals surface area (Å²) in [6.07, 6.45) is -4.23. The summed E-state index contributed by atoms with van der Waals surface area (Å²) in [4.78, 5) is 11.6. The molecular formula is C18H12F4O4. The van der Waals surface area contributed by atoms with Crippen molar-refractivity contribution in [1.29, 1.82) is 0 Å². The average Bonchev–Trinajstić information content (AvgIpc) is 2.59. The van der Waals surface area contributed by atoms with E-state index in [1.165, 1.54) is 25.3 Å². The van der Waals surface area contributed by atoms with Crippen molar-refractivity contribution in [3.63, 3.8) is 0 Å². The zero-order valence-corrected chi connectivity index (χ0v) is 13.3. The Morgan fingerprint density at radius 3 is 2.35 bits per heavy atom. The van der Waals surface area contributed by atoms with Gasteiger partial charge in [0.2, 0.25) is 0 Å². The van der Waals surface area contributed by atoms with Gasteiger partial charge in [0.25, 0.3) is 5.60 Å². The van der Waals surface area contributed by atoms with Gasteiger partial charge in [0.15, 0.2) is 0 Å². The summed E-state index contributed by atoms with van der Waals surface area (Å²) in [6.45, 7) is 0. The molecule has 1 N–H and O–H groups in total. The largest absolute Gasteiger partial charge is 0.497 e. The lowest BCUT2D eigenvalue weighted by Gasteiger charge is -2.39. The molecule has 1 unspecified atom stereocenters. The van der Waals surface area contributed by atoms with Gasteiger partial charge in [-0.2, -0.15) is 13.2 Å². The zero-order chi connectivity index (χ0) is 19.1.